The standard InChI is InChI=1S/C18H17NO3/c1-10-4-6-15(11(2)8-10)19-12(3)17(18(21)22)14-9-13(20)5-7-16(14)19/h4-9,20H,1-3H3,(H,21,22). The van der Waals surface area contributed by atoms with Crippen molar-refractivity contribution in [1.29, 1.82) is 0 Å². The quantitative estimate of drug-likeness (QED) is 0.752. The van der Waals surface area contributed by atoms with Gasteiger partial charge < -0.3 is 14.8 Å². The molecule has 2 N–H and O–H groups in total. The SMILES string of the molecule is Cc1ccc(-n2c(C)c(C(=O)O)c3cc(O)ccc32)c(C)c1. The average Bonchev–Trinajstić information content (AvgIpc) is 2.70. The van der Waals surface area contributed by atoms with Gasteiger partial charge in [-0.3, -0.25) is 0 Å². The van der Waals surface area contributed by atoms with E-state index in [4.69, 9.17) is 0 Å². The molecule has 0 radical (unpaired) electrons. The highest BCUT2D eigenvalue weighted by atomic mass is 16.4. The summed E-state index contributed by atoms with van der Waals surface area (Å²) in [5.74, 6) is -0.926. The van der Waals surface area contributed by atoms with Gasteiger partial charge in [0.1, 0.15) is 5.75 Å². The number of hydrogen-bond donors (Lipinski definition) is 2. The van der Waals surface area contributed by atoms with E-state index in [1.54, 1.807) is 19.1 Å². The summed E-state index contributed by atoms with van der Waals surface area (Å²) in [6.07, 6.45) is 0. The first-order valence-corrected chi connectivity index (χ1v) is 7.05. The zero-order chi connectivity index (χ0) is 16.0. The van der Waals surface area contributed by atoms with Gasteiger partial charge in [0.2, 0.25) is 0 Å². The van der Waals surface area contributed by atoms with E-state index >= 15 is 0 Å². The van der Waals surface area contributed by atoms with E-state index in [0.29, 0.717) is 11.1 Å². The zero-order valence-corrected chi connectivity index (χ0v) is 12.7. The van der Waals surface area contributed by atoms with Crippen molar-refractivity contribution >= 4 is 16.9 Å². The van der Waals surface area contributed by atoms with Gasteiger partial charge in [-0.1, -0.05) is 17.7 Å². The lowest BCUT2D eigenvalue weighted by atomic mass is 10.1. The van der Waals surface area contributed by atoms with Crippen molar-refractivity contribution in [3.63, 3.8) is 0 Å². The molecule has 3 aromatic rings. The number of benzene rings is 2. The lowest BCUT2D eigenvalue weighted by Crippen LogP contribution is -2.03. The molecule has 0 amide bonds. The molecule has 3 rings (SSSR count). The third-order valence-electron chi connectivity index (χ3n) is 3.99. The molecule has 4 heteroatoms. The normalized spacial score (nSPS) is 11.0. The van der Waals surface area contributed by atoms with E-state index in [1.165, 1.54) is 6.07 Å². The van der Waals surface area contributed by atoms with Crippen molar-refractivity contribution in [1.82, 2.24) is 4.57 Å². The molecule has 0 bridgehead atoms. The molecule has 0 fully saturated rings. The second-order valence-corrected chi connectivity index (χ2v) is 5.59. The largest absolute Gasteiger partial charge is 0.508 e. The molecule has 1 heterocycles. The molecule has 0 saturated heterocycles. The van der Waals surface area contributed by atoms with Crippen molar-refractivity contribution in [2.45, 2.75) is 20.8 Å². The molecular formula is C18H17NO3. The van der Waals surface area contributed by atoms with E-state index in [2.05, 4.69) is 6.07 Å². The van der Waals surface area contributed by atoms with Gasteiger partial charge in [0.05, 0.1) is 11.1 Å². The van der Waals surface area contributed by atoms with Gasteiger partial charge in [-0.15, -0.1) is 0 Å². The number of phenols is 1. The minimum absolute atomic E-state index is 0.0628. The van der Waals surface area contributed by atoms with Crippen molar-refractivity contribution in [2.24, 2.45) is 0 Å². The molecule has 0 spiro atoms. The molecule has 112 valence electrons. The first kappa shape index (κ1) is 14.2. The summed E-state index contributed by atoms with van der Waals surface area (Å²) in [5.41, 5.74) is 4.84. The molecule has 0 saturated carbocycles. The number of phenolic OH excluding ortho intramolecular Hbond substituents is 1. The van der Waals surface area contributed by atoms with Crippen LogP contribution in [0.25, 0.3) is 16.6 Å². The number of carboxylic acid groups (broad SMARTS) is 1. The fraction of sp³-hybridized carbons (Fsp3) is 0.167. The van der Waals surface area contributed by atoms with E-state index in [-0.39, 0.29) is 11.3 Å². The van der Waals surface area contributed by atoms with Crippen LogP contribution in [0.4, 0.5) is 0 Å². The van der Waals surface area contributed by atoms with Crippen LogP contribution in [-0.2, 0) is 0 Å². The van der Waals surface area contributed by atoms with Crippen molar-refractivity contribution in [3.8, 4) is 11.4 Å². The number of nitrogens with zero attached hydrogens (tertiary/aromatic N) is 1. The van der Waals surface area contributed by atoms with Crippen LogP contribution in [0.15, 0.2) is 36.4 Å². The van der Waals surface area contributed by atoms with Gasteiger partial charge in [0.15, 0.2) is 0 Å². The number of aryl methyl sites for hydroxylation is 2. The molecule has 0 aliphatic heterocycles. The second kappa shape index (κ2) is 4.91. The predicted molar refractivity (Wildman–Crippen MR) is 86.1 cm³/mol. The van der Waals surface area contributed by atoms with Crippen LogP contribution in [0.5, 0.6) is 5.75 Å². The highest BCUT2D eigenvalue weighted by Gasteiger charge is 2.21. The molecule has 22 heavy (non-hydrogen) atoms. The van der Waals surface area contributed by atoms with Crippen LogP contribution in [0.3, 0.4) is 0 Å². The van der Waals surface area contributed by atoms with Crippen LogP contribution < -0.4 is 0 Å². The fourth-order valence-corrected chi connectivity index (χ4v) is 3.04. The van der Waals surface area contributed by atoms with Gasteiger partial charge in [-0.25, -0.2) is 4.79 Å². The first-order valence-electron chi connectivity index (χ1n) is 7.05. The summed E-state index contributed by atoms with van der Waals surface area (Å²) in [6, 6.07) is 10.9. The Balaban J connectivity index is 2.44. The smallest absolute Gasteiger partial charge is 0.338 e. The Morgan fingerprint density at radius 3 is 2.41 bits per heavy atom. The van der Waals surface area contributed by atoms with Gasteiger partial charge in [0, 0.05) is 16.8 Å². The molecule has 0 atom stereocenters. The van der Waals surface area contributed by atoms with Crippen molar-refractivity contribution in [2.75, 3.05) is 0 Å². The Morgan fingerprint density at radius 1 is 1.05 bits per heavy atom. The molecular weight excluding hydrogens is 278 g/mol. The Bertz CT molecular complexity index is 906. The maximum Gasteiger partial charge on any atom is 0.338 e. The average molecular weight is 295 g/mol. The molecule has 1 aromatic heterocycles. The summed E-state index contributed by atoms with van der Waals surface area (Å²) in [7, 11) is 0. The topological polar surface area (TPSA) is 62.5 Å². The van der Waals surface area contributed by atoms with Crippen LogP contribution >= 0.6 is 0 Å². The van der Waals surface area contributed by atoms with Crippen LogP contribution in [0, 0.1) is 20.8 Å². The number of aromatic hydroxyl groups is 1. The molecule has 0 unspecified atom stereocenters. The highest BCUT2D eigenvalue weighted by Crippen LogP contribution is 2.32. The number of carboxylic acids is 1. The number of hydrogen-bond acceptors (Lipinski definition) is 2. The maximum absolute atomic E-state index is 11.6. The number of aromatic carboxylic acids is 1. The molecule has 4 nitrogen and oxygen atoms in total. The van der Waals surface area contributed by atoms with Crippen LogP contribution in [0.2, 0.25) is 0 Å². The van der Waals surface area contributed by atoms with Crippen LogP contribution in [-0.4, -0.2) is 20.7 Å². The lowest BCUT2D eigenvalue weighted by molar-refractivity contribution is 0.0698. The van der Waals surface area contributed by atoms with Gasteiger partial charge in [-0.2, -0.15) is 0 Å². The number of rotatable bonds is 2. The van der Waals surface area contributed by atoms with E-state index in [9.17, 15) is 15.0 Å². The number of fused-ring (bicyclic) bond motifs is 1. The Morgan fingerprint density at radius 2 is 1.77 bits per heavy atom. The second-order valence-electron chi connectivity index (χ2n) is 5.59. The Labute approximate surface area is 128 Å². The van der Waals surface area contributed by atoms with Gasteiger partial charge in [-0.05, 0) is 50.6 Å². The maximum atomic E-state index is 11.6. The first-order chi connectivity index (χ1) is 10.4. The van der Waals surface area contributed by atoms with Crippen molar-refractivity contribution < 1.29 is 15.0 Å². The molecule has 0 aliphatic carbocycles. The number of aromatic nitrogens is 1. The lowest BCUT2D eigenvalue weighted by Gasteiger charge is -2.12. The monoisotopic (exact) mass is 295 g/mol. The Kier molecular flexibility index (Phi) is 3.17. The van der Waals surface area contributed by atoms with Crippen LogP contribution in [0.1, 0.15) is 27.2 Å². The third kappa shape index (κ3) is 2.04. The van der Waals surface area contributed by atoms with Gasteiger partial charge >= 0.3 is 5.97 Å². The predicted octanol–water partition coefficient (Wildman–Crippen LogP) is 3.96. The van der Waals surface area contributed by atoms with E-state index < -0.39 is 5.97 Å². The minimum atomic E-state index is -0.989. The zero-order valence-electron chi connectivity index (χ0n) is 12.7. The summed E-state index contributed by atoms with van der Waals surface area (Å²) < 4.78 is 1.94. The van der Waals surface area contributed by atoms with Gasteiger partial charge in [0.25, 0.3) is 0 Å². The summed E-state index contributed by atoms with van der Waals surface area (Å²) in [5, 5.41) is 19.8. The summed E-state index contributed by atoms with van der Waals surface area (Å²) in [4.78, 5) is 11.6. The van der Waals surface area contributed by atoms with Crippen molar-refractivity contribution in [3.05, 3.63) is 58.8 Å². The molecule has 0 aliphatic rings. The number of carbonyl (C=O) groups is 1. The molecule has 2 aromatic carbocycles. The fourth-order valence-electron chi connectivity index (χ4n) is 3.04. The third-order valence-corrected chi connectivity index (χ3v) is 3.99. The van der Waals surface area contributed by atoms with E-state index in [1.807, 2.05) is 30.5 Å². The highest BCUT2D eigenvalue weighted by molar-refractivity contribution is 6.06. The minimum Gasteiger partial charge on any atom is -0.508 e. The van der Waals surface area contributed by atoms with E-state index in [0.717, 1.165) is 22.3 Å². The Hall–Kier alpha value is -2.75. The summed E-state index contributed by atoms with van der Waals surface area (Å²) >= 11 is 0. The summed E-state index contributed by atoms with van der Waals surface area (Å²) in [6.45, 7) is 5.83.